The molecule has 0 amide bonds. The number of benzene rings is 2. The van der Waals surface area contributed by atoms with Gasteiger partial charge in [-0.1, -0.05) is 41.1 Å². The van der Waals surface area contributed by atoms with Gasteiger partial charge in [-0.25, -0.2) is 9.79 Å². The molecule has 5 rings (SSSR count). The maximum Gasteiger partial charge on any atom is 0.338 e. The van der Waals surface area contributed by atoms with Crippen LogP contribution in [0.5, 0.6) is 11.5 Å². The molecule has 0 saturated heterocycles. The van der Waals surface area contributed by atoms with Gasteiger partial charge in [-0.05, 0) is 37.6 Å². The summed E-state index contributed by atoms with van der Waals surface area (Å²) in [6.45, 7) is 3.44. The van der Waals surface area contributed by atoms with E-state index in [1.54, 1.807) is 38.1 Å². The first-order valence-corrected chi connectivity index (χ1v) is 12.0. The number of esters is 1. The third-order valence-corrected chi connectivity index (χ3v) is 7.05. The van der Waals surface area contributed by atoms with Crippen LogP contribution in [0.25, 0.3) is 6.08 Å². The van der Waals surface area contributed by atoms with Crippen molar-refractivity contribution >= 4 is 40.7 Å². The van der Waals surface area contributed by atoms with Crippen LogP contribution in [-0.2, 0) is 9.53 Å². The molecular formula is C24H18ClN3O7S. The van der Waals surface area contributed by atoms with Crippen LogP contribution < -0.4 is 24.4 Å². The number of fused-ring (bicyclic) bond motifs is 2. The summed E-state index contributed by atoms with van der Waals surface area (Å²) in [7, 11) is 0. The number of hydrogen-bond acceptors (Lipinski definition) is 9. The molecule has 2 aliphatic heterocycles. The molecule has 10 nitrogen and oxygen atoms in total. The first-order chi connectivity index (χ1) is 17.3. The Balaban J connectivity index is 1.75. The van der Waals surface area contributed by atoms with Gasteiger partial charge < -0.3 is 14.2 Å². The second kappa shape index (κ2) is 9.25. The van der Waals surface area contributed by atoms with Crippen molar-refractivity contribution in [1.29, 1.82) is 0 Å². The molecule has 1 aromatic heterocycles. The van der Waals surface area contributed by atoms with Gasteiger partial charge in [-0.15, -0.1) is 0 Å². The molecule has 0 aliphatic carbocycles. The SMILES string of the molecule is CCOC(=O)C1=C(C)N=c2s/c(=C/c3cc4c(cc3[N+](=O)[O-])OCO4)c(=O)n2C1c1ccccc1Cl. The van der Waals surface area contributed by atoms with Crippen molar-refractivity contribution in [3.8, 4) is 11.5 Å². The van der Waals surface area contributed by atoms with Gasteiger partial charge in [0.05, 0.1) is 39.0 Å². The summed E-state index contributed by atoms with van der Waals surface area (Å²) in [6.07, 6.45) is 1.41. The van der Waals surface area contributed by atoms with E-state index in [-0.39, 0.29) is 40.5 Å². The maximum absolute atomic E-state index is 13.7. The van der Waals surface area contributed by atoms with E-state index in [9.17, 15) is 19.7 Å². The number of nitro groups is 1. The molecule has 184 valence electrons. The summed E-state index contributed by atoms with van der Waals surface area (Å²) in [5.41, 5.74) is 0.558. The molecule has 1 atom stereocenters. The number of rotatable bonds is 5. The van der Waals surface area contributed by atoms with Gasteiger partial charge in [0.25, 0.3) is 11.2 Å². The van der Waals surface area contributed by atoms with Crippen LogP contribution >= 0.6 is 22.9 Å². The second-order valence-electron chi connectivity index (χ2n) is 7.85. The molecule has 0 radical (unpaired) electrons. The standard InChI is InChI=1S/C24H18ClN3O7S/c1-3-33-23(30)20-12(2)26-24-27(21(20)14-6-4-5-7-15(14)25)22(29)19(36-24)9-13-8-17-18(35-11-34-17)10-16(13)28(31)32/h4-10,21H,3,11H2,1-2H3/b19-9+. The Labute approximate surface area is 212 Å². The predicted octanol–water partition coefficient (Wildman–Crippen LogP) is 3.09. The van der Waals surface area contributed by atoms with Crippen LogP contribution in [0.4, 0.5) is 5.69 Å². The van der Waals surface area contributed by atoms with Gasteiger partial charge in [-0.2, -0.15) is 0 Å². The van der Waals surface area contributed by atoms with Crippen molar-refractivity contribution in [3.63, 3.8) is 0 Å². The maximum atomic E-state index is 13.7. The average Bonchev–Trinajstić information content (AvgIpc) is 3.42. The lowest BCUT2D eigenvalue weighted by atomic mass is 9.96. The molecule has 3 heterocycles. The summed E-state index contributed by atoms with van der Waals surface area (Å²) >= 11 is 7.54. The molecule has 0 bridgehead atoms. The fourth-order valence-corrected chi connectivity index (χ4v) is 5.42. The van der Waals surface area contributed by atoms with E-state index < -0.39 is 22.5 Å². The van der Waals surface area contributed by atoms with Crippen LogP contribution in [0.1, 0.15) is 31.0 Å². The van der Waals surface area contributed by atoms with Gasteiger partial charge in [0.1, 0.15) is 6.04 Å². The number of nitrogens with zero attached hydrogens (tertiary/aromatic N) is 3. The highest BCUT2D eigenvalue weighted by atomic mass is 35.5. The minimum atomic E-state index is -0.886. The molecule has 0 spiro atoms. The van der Waals surface area contributed by atoms with E-state index in [0.717, 1.165) is 11.3 Å². The predicted molar refractivity (Wildman–Crippen MR) is 131 cm³/mol. The average molecular weight is 528 g/mol. The number of aromatic nitrogens is 1. The Kier molecular flexibility index (Phi) is 6.10. The van der Waals surface area contributed by atoms with Crippen LogP contribution in [-0.4, -0.2) is 28.9 Å². The molecule has 36 heavy (non-hydrogen) atoms. The Morgan fingerprint density at radius 3 is 2.75 bits per heavy atom. The first-order valence-electron chi connectivity index (χ1n) is 10.8. The zero-order chi connectivity index (χ0) is 25.6. The minimum Gasteiger partial charge on any atom is -0.463 e. The fraction of sp³-hybridized carbons (Fsp3) is 0.208. The molecule has 1 unspecified atom stereocenters. The monoisotopic (exact) mass is 527 g/mol. The molecule has 2 aliphatic rings. The number of carbonyl (C=O) groups is 1. The number of hydrogen-bond donors (Lipinski definition) is 0. The van der Waals surface area contributed by atoms with Gasteiger partial charge >= 0.3 is 5.97 Å². The van der Waals surface area contributed by atoms with Crippen molar-refractivity contribution in [1.82, 2.24) is 4.57 Å². The Hall–Kier alpha value is -3.96. The third kappa shape index (κ3) is 3.95. The minimum absolute atomic E-state index is 0.0497. The molecule has 0 saturated carbocycles. The number of carbonyl (C=O) groups excluding carboxylic acids is 1. The van der Waals surface area contributed by atoms with Crippen molar-refractivity contribution in [2.75, 3.05) is 13.4 Å². The highest BCUT2D eigenvalue weighted by Gasteiger charge is 2.34. The summed E-state index contributed by atoms with van der Waals surface area (Å²) < 4.78 is 17.4. The Morgan fingerprint density at radius 2 is 2.06 bits per heavy atom. The van der Waals surface area contributed by atoms with Crippen LogP contribution in [0.3, 0.4) is 0 Å². The van der Waals surface area contributed by atoms with Gasteiger partial charge in [-0.3, -0.25) is 19.5 Å². The van der Waals surface area contributed by atoms with E-state index in [0.29, 0.717) is 26.8 Å². The summed E-state index contributed by atoms with van der Waals surface area (Å²) in [4.78, 5) is 42.6. The van der Waals surface area contributed by atoms with E-state index in [1.807, 2.05) is 0 Å². The molecule has 0 N–H and O–H groups in total. The van der Waals surface area contributed by atoms with Gasteiger partial charge in [0, 0.05) is 5.02 Å². The number of halogens is 1. The zero-order valence-corrected chi connectivity index (χ0v) is 20.6. The van der Waals surface area contributed by atoms with E-state index in [2.05, 4.69) is 4.99 Å². The Bertz CT molecular complexity index is 1640. The molecule has 12 heteroatoms. The highest BCUT2D eigenvalue weighted by molar-refractivity contribution is 7.07. The van der Waals surface area contributed by atoms with Crippen molar-refractivity contribution in [2.45, 2.75) is 19.9 Å². The topological polar surface area (TPSA) is 122 Å². The smallest absolute Gasteiger partial charge is 0.338 e. The van der Waals surface area contributed by atoms with Gasteiger partial charge in [0.2, 0.25) is 6.79 Å². The molecule has 0 fully saturated rings. The summed E-state index contributed by atoms with van der Waals surface area (Å²) in [5.74, 6) is -0.00731. The molecule has 2 aromatic carbocycles. The molecule has 3 aromatic rings. The van der Waals surface area contributed by atoms with E-state index >= 15 is 0 Å². The van der Waals surface area contributed by atoms with Crippen LogP contribution in [0, 0.1) is 10.1 Å². The second-order valence-corrected chi connectivity index (χ2v) is 9.26. The largest absolute Gasteiger partial charge is 0.463 e. The zero-order valence-electron chi connectivity index (χ0n) is 19.0. The fourth-order valence-electron chi connectivity index (χ4n) is 4.14. The first kappa shape index (κ1) is 23.8. The normalized spacial score (nSPS) is 16.5. The van der Waals surface area contributed by atoms with Crippen LogP contribution in [0.2, 0.25) is 5.02 Å². The van der Waals surface area contributed by atoms with Crippen molar-refractivity contribution < 1.29 is 23.9 Å². The van der Waals surface area contributed by atoms with Crippen LogP contribution in [0.15, 0.2) is 57.5 Å². The lowest BCUT2D eigenvalue weighted by Crippen LogP contribution is -2.40. The van der Waals surface area contributed by atoms with Gasteiger partial charge in [0.15, 0.2) is 16.3 Å². The summed E-state index contributed by atoms with van der Waals surface area (Å²) in [6, 6.07) is 8.73. The summed E-state index contributed by atoms with van der Waals surface area (Å²) in [5, 5.41) is 12.1. The van der Waals surface area contributed by atoms with E-state index in [1.165, 1.54) is 22.8 Å². The lowest BCUT2D eigenvalue weighted by Gasteiger charge is -2.25. The quantitative estimate of drug-likeness (QED) is 0.284. The number of allylic oxidation sites excluding steroid dienone is 1. The van der Waals surface area contributed by atoms with Crippen molar-refractivity contribution in [2.24, 2.45) is 4.99 Å². The number of nitro benzene ring substituents is 1. The van der Waals surface area contributed by atoms with E-state index in [4.69, 9.17) is 25.8 Å². The number of ether oxygens (including phenoxy) is 3. The molecular weight excluding hydrogens is 510 g/mol. The number of thiazole rings is 1. The lowest BCUT2D eigenvalue weighted by molar-refractivity contribution is -0.385. The highest BCUT2D eigenvalue weighted by Crippen LogP contribution is 2.38. The van der Waals surface area contributed by atoms with Crippen molar-refractivity contribution in [3.05, 3.63) is 93.6 Å². The third-order valence-electron chi connectivity index (χ3n) is 5.72. The Morgan fingerprint density at radius 1 is 1.33 bits per heavy atom.